The molecule has 0 saturated heterocycles. The van der Waals surface area contributed by atoms with Crippen LogP contribution in [0.1, 0.15) is 155 Å². The van der Waals surface area contributed by atoms with Crippen molar-refractivity contribution < 1.29 is 32.9 Å². The fraction of sp³-hybridized carbons (Fsp3) is 0.865. The monoisotopic (exact) mass is 674 g/mol. The van der Waals surface area contributed by atoms with Gasteiger partial charge in [0.15, 0.2) is 0 Å². The number of hydrogen-bond acceptors (Lipinski definition) is 5. The van der Waals surface area contributed by atoms with E-state index < -0.39 is 20.0 Å². The quantitative estimate of drug-likeness (QED) is 0.0278. The van der Waals surface area contributed by atoms with E-state index in [2.05, 4.69) is 43.5 Å². The Hall–Kier alpha value is -1.02. The molecule has 3 unspecified atom stereocenters. The van der Waals surface area contributed by atoms with Crippen LogP contribution in [0, 0.1) is 0 Å². The molecule has 0 aliphatic rings. The second-order valence-corrected chi connectivity index (χ2v) is 15.4. The summed E-state index contributed by atoms with van der Waals surface area (Å²) in [5.41, 5.74) is 0. The van der Waals surface area contributed by atoms with Crippen molar-refractivity contribution in [3.8, 4) is 0 Å². The molecule has 0 aromatic rings. The normalized spacial score (nSPS) is 15.0. The number of hydrogen-bond donors (Lipinski definition) is 3. The molecule has 272 valence electrons. The number of amides is 1. The lowest BCUT2D eigenvalue weighted by molar-refractivity contribution is -0.870. The first-order valence-electron chi connectivity index (χ1n) is 18.7. The third-order valence-electron chi connectivity index (χ3n) is 8.20. The molecule has 9 heteroatoms. The Morgan fingerprint density at radius 2 is 1.24 bits per heavy atom. The van der Waals surface area contributed by atoms with E-state index in [-0.39, 0.29) is 19.1 Å². The highest BCUT2D eigenvalue weighted by atomic mass is 31.2. The molecule has 3 atom stereocenters. The number of aliphatic hydroxyl groups excluding tert-OH is 1. The first kappa shape index (κ1) is 45.0. The van der Waals surface area contributed by atoms with Gasteiger partial charge in [-0.1, -0.05) is 128 Å². The van der Waals surface area contributed by atoms with E-state index in [0.29, 0.717) is 23.9 Å². The van der Waals surface area contributed by atoms with Crippen LogP contribution in [0.4, 0.5) is 0 Å². The van der Waals surface area contributed by atoms with Crippen molar-refractivity contribution in [2.45, 2.75) is 167 Å². The molecule has 0 rings (SSSR count). The van der Waals surface area contributed by atoms with Crippen LogP contribution in [-0.2, 0) is 18.4 Å². The molecule has 0 aromatic carbocycles. The van der Waals surface area contributed by atoms with Crippen LogP contribution in [-0.4, -0.2) is 73.4 Å². The minimum Gasteiger partial charge on any atom is -0.391 e. The number of likely N-dealkylation sites (N-methyl/N-ethyl adjacent to an activating group) is 1. The van der Waals surface area contributed by atoms with Gasteiger partial charge in [-0.15, -0.1) is 0 Å². The predicted molar refractivity (Wildman–Crippen MR) is 194 cm³/mol. The summed E-state index contributed by atoms with van der Waals surface area (Å²) in [5, 5.41) is 13.7. The number of aliphatic hydroxyl groups is 1. The third-order valence-corrected chi connectivity index (χ3v) is 9.19. The molecule has 0 fully saturated rings. The largest absolute Gasteiger partial charge is 0.472 e. The van der Waals surface area contributed by atoms with Crippen LogP contribution in [0.15, 0.2) is 24.3 Å². The van der Waals surface area contributed by atoms with Crippen molar-refractivity contribution in [1.29, 1.82) is 0 Å². The van der Waals surface area contributed by atoms with Crippen LogP contribution in [0.3, 0.4) is 0 Å². The highest BCUT2D eigenvalue weighted by Gasteiger charge is 2.28. The number of phosphoric acid groups is 1. The van der Waals surface area contributed by atoms with E-state index in [1.165, 1.54) is 70.6 Å². The Labute approximate surface area is 284 Å². The molecule has 0 spiro atoms. The zero-order valence-corrected chi connectivity index (χ0v) is 31.5. The lowest BCUT2D eigenvalue weighted by Crippen LogP contribution is -2.46. The van der Waals surface area contributed by atoms with Crippen molar-refractivity contribution >= 4 is 13.7 Å². The van der Waals surface area contributed by atoms with E-state index in [9.17, 15) is 19.4 Å². The van der Waals surface area contributed by atoms with E-state index in [4.69, 9.17) is 9.05 Å². The topological polar surface area (TPSA) is 105 Å². The van der Waals surface area contributed by atoms with Gasteiger partial charge in [-0.25, -0.2) is 4.57 Å². The minimum absolute atomic E-state index is 0.0729. The van der Waals surface area contributed by atoms with Gasteiger partial charge in [-0.05, 0) is 44.9 Å². The van der Waals surface area contributed by atoms with Crippen LogP contribution < -0.4 is 5.32 Å². The average molecular weight is 674 g/mol. The fourth-order valence-corrected chi connectivity index (χ4v) is 5.87. The Bertz CT molecular complexity index is 814. The Balaban J connectivity index is 4.20. The number of nitrogens with one attached hydrogen (secondary N) is 1. The molecule has 0 aromatic heterocycles. The zero-order chi connectivity index (χ0) is 34.4. The van der Waals surface area contributed by atoms with E-state index in [1.807, 2.05) is 21.1 Å². The summed E-state index contributed by atoms with van der Waals surface area (Å²) in [7, 11) is 1.60. The summed E-state index contributed by atoms with van der Waals surface area (Å²) < 4.78 is 23.3. The van der Waals surface area contributed by atoms with Crippen LogP contribution in [0.5, 0.6) is 0 Å². The summed E-state index contributed by atoms with van der Waals surface area (Å²) >= 11 is 0. The Kier molecular flexibility index (Phi) is 29.4. The second kappa shape index (κ2) is 30.1. The average Bonchev–Trinajstić information content (AvgIpc) is 2.99. The molecule has 0 heterocycles. The molecule has 0 bridgehead atoms. The molecule has 0 radical (unpaired) electrons. The maximum absolute atomic E-state index is 12.7. The van der Waals surface area contributed by atoms with Crippen LogP contribution in [0.25, 0.3) is 0 Å². The van der Waals surface area contributed by atoms with Gasteiger partial charge in [0.1, 0.15) is 13.2 Å². The Morgan fingerprint density at radius 3 is 1.83 bits per heavy atom. The number of phosphoric ester groups is 1. The molecular formula is C37H74N2O6P+. The smallest absolute Gasteiger partial charge is 0.391 e. The fourth-order valence-electron chi connectivity index (χ4n) is 5.13. The van der Waals surface area contributed by atoms with Gasteiger partial charge >= 0.3 is 7.82 Å². The molecule has 0 aliphatic carbocycles. The number of quaternary nitrogens is 1. The molecule has 8 nitrogen and oxygen atoms in total. The number of unbranched alkanes of at least 4 members (excludes halogenated alkanes) is 16. The van der Waals surface area contributed by atoms with E-state index in [1.54, 1.807) is 0 Å². The van der Waals surface area contributed by atoms with E-state index >= 15 is 0 Å². The van der Waals surface area contributed by atoms with E-state index in [0.717, 1.165) is 57.8 Å². The van der Waals surface area contributed by atoms with Crippen LogP contribution >= 0.6 is 7.82 Å². The summed E-state index contributed by atoms with van der Waals surface area (Å²) in [6.07, 6.45) is 32.3. The SMILES string of the molecule is CCCCC/C=C\C/C=C\CCCCCCCCCCCC(=O)NC(COP(=O)(O)OCC[N+](C)(C)C)C(O)CCCCCCC. The molecule has 0 saturated carbocycles. The van der Waals surface area contributed by atoms with Gasteiger partial charge in [0, 0.05) is 6.42 Å². The second-order valence-electron chi connectivity index (χ2n) is 14.0. The first-order valence-corrected chi connectivity index (χ1v) is 20.2. The molecule has 3 N–H and O–H groups in total. The summed E-state index contributed by atoms with van der Waals surface area (Å²) in [6.45, 7) is 4.75. The van der Waals surface area contributed by atoms with Gasteiger partial charge < -0.3 is 19.8 Å². The van der Waals surface area contributed by atoms with Crippen molar-refractivity contribution in [3.63, 3.8) is 0 Å². The minimum atomic E-state index is -4.29. The standard InChI is InChI=1S/C37H73N2O6P/c1-6-8-10-12-13-14-15-16-17-18-19-20-21-22-23-24-25-27-29-31-37(41)38-35(36(40)30-28-26-11-9-7-2)34-45-46(42,43)44-33-32-39(3,4)5/h13-14,16-17,35-36,40H,6-12,15,18-34H2,1-5H3,(H-,38,41,42,43)/p+1/b14-13-,17-16-. The number of nitrogens with zero attached hydrogens (tertiary/aromatic N) is 1. The van der Waals surface area contributed by atoms with Crippen molar-refractivity contribution in [2.24, 2.45) is 0 Å². The lowest BCUT2D eigenvalue weighted by atomic mass is 10.0. The van der Waals surface area contributed by atoms with Crippen LogP contribution in [0.2, 0.25) is 0 Å². The van der Waals surface area contributed by atoms with Gasteiger partial charge in [0.05, 0.1) is 39.9 Å². The molecular weight excluding hydrogens is 599 g/mol. The number of carbonyl (C=O) groups is 1. The highest BCUT2D eigenvalue weighted by Crippen LogP contribution is 2.43. The molecule has 46 heavy (non-hydrogen) atoms. The molecule has 0 aliphatic heterocycles. The maximum atomic E-state index is 12.7. The van der Waals surface area contributed by atoms with Crippen molar-refractivity contribution in [2.75, 3.05) is 40.9 Å². The lowest BCUT2D eigenvalue weighted by Gasteiger charge is -2.26. The summed E-state index contributed by atoms with van der Waals surface area (Å²) in [4.78, 5) is 22.8. The summed E-state index contributed by atoms with van der Waals surface area (Å²) in [6, 6.07) is -0.756. The number of rotatable bonds is 33. The summed E-state index contributed by atoms with van der Waals surface area (Å²) in [5.74, 6) is -0.158. The number of carbonyl (C=O) groups excluding carboxylic acids is 1. The Morgan fingerprint density at radius 1 is 0.739 bits per heavy atom. The van der Waals surface area contributed by atoms with Gasteiger partial charge in [-0.2, -0.15) is 0 Å². The third kappa shape index (κ3) is 31.6. The van der Waals surface area contributed by atoms with Crippen molar-refractivity contribution in [1.82, 2.24) is 5.32 Å². The first-order chi connectivity index (χ1) is 22.0. The van der Waals surface area contributed by atoms with Gasteiger partial charge in [-0.3, -0.25) is 13.8 Å². The van der Waals surface area contributed by atoms with Gasteiger partial charge in [0.25, 0.3) is 0 Å². The number of allylic oxidation sites excluding steroid dienone is 4. The predicted octanol–water partition coefficient (Wildman–Crippen LogP) is 9.41. The highest BCUT2D eigenvalue weighted by molar-refractivity contribution is 7.47. The zero-order valence-electron chi connectivity index (χ0n) is 30.6. The van der Waals surface area contributed by atoms with Crippen molar-refractivity contribution in [3.05, 3.63) is 24.3 Å². The van der Waals surface area contributed by atoms with Gasteiger partial charge in [0.2, 0.25) is 5.91 Å². The molecule has 1 amide bonds. The maximum Gasteiger partial charge on any atom is 0.472 e.